The molecule has 0 bridgehead atoms. The van der Waals surface area contributed by atoms with E-state index in [1.807, 2.05) is 13.8 Å². The number of carboxylic acids is 1. The van der Waals surface area contributed by atoms with Crippen LogP contribution in [0.5, 0.6) is 0 Å². The molecule has 3 N–H and O–H groups in total. The van der Waals surface area contributed by atoms with Gasteiger partial charge in [-0.3, -0.25) is 9.59 Å². The Balaban J connectivity index is 2.75. The van der Waals surface area contributed by atoms with Crippen LogP contribution in [0.25, 0.3) is 0 Å². The number of primary amides is 1. The molecule has 1 aliphatic heterocycles. The summed E-state index contributed by atoms with van der Waals surface area (Å²) in [6.07, 6.45) is 1.20. The van der Waals surface area contributed by atoms with Crippen LogP contribution < -0.4 is 5.73 Å². The molecule has 0 aliphatic carbocycles. The number of amides is 3. The van der Waals surface area contributed by atoms with E-state index in [2.05, 4.69) is 0 Å². The lowest BCUT2D eigenvalue weighted by Crippen LogP contribution is -2.52. The van der Waals surface area contributed by atoms with Crippen LogP contribution in [0.3, 0.4) is 0 Å². The molecule has 7 heteroatoms. The summed E-state index contributed by atoms with van der Waals surface area (Å²) in [6, 6.07) is -1.00. The molecule has 3 amide bonds. The summed E-state index contributed by atoms with van der Waals surface area (Å²) in [4.78, 5) is 37.2. The average Bonchev–Trinajstić information content (AvgIpc) is 2.76. The van der Waals surface area contributed by atoms with Gasteiger partial charge < -0.3 is 20.6 Å². The van der Waals surface area contributed by atoms with Gasteiger partial charge in [-0.15, -0.1) is 0 Å². The Bertz CT molecular complexity index is 370. The van der Waals surface area contributed by atoms with Gasteiger partial charge in [0, 0.05) is 19.1 Å². The van der Waals surface area contributed by atoms with Crippen molar-refractivity contribution in [3.8, 4) is 0 Å². The highest BCUT2D eigenvalue weighted by molar-refractivity contribution is 5.86. The fraction of sp³-hybridized carbons (Fsp3) is 0.750. The van der Waals surface area contributed by atoms with Gasteiger partial charge in [-0.05, 0) is 26.7 Å². The normalized spacial score (nSPS) is 18.7. The van der Waals surface area contributed by atoms with E-state index in [9.17, 15) is 14.4 Å². The Morgan fingerprint density at radius 3 is 2.53 bits per heavy atom. The molecule has 0 aromatic carbocycles. The number of likely N-dealkylation sites (tertiary alicyclic amines) is 1. The molecule has 1 atom stereocenters. The molecule has 0 radical (unpaired) electrons. The second-order valence-corrected chi connectivity index (χ2v) is 4.97. The molecule has 1 fully saturated rings. The van der Waals surface area contributed by atoms with Gasteiger partial charge >= 0.3 is 12.0 Å². The first kappa shape index (κ1) is 15.3. The molecule has 19 heavy (non-hydrogen) atoms. The number of aliphatic carboxylic acids is 1. The smallest absolute Gasteiger partial charge is 0.320 e. The Kier molecular flexibility index (Phi) is 5.14. The number of rotatable bonds is 5. The number of nitrogens with two attached hydrogens (primary N) is 1. The maximum absolute atomic E-state index is 12.4. The Hall–Kier alpha value is -1.79. The topological polar surface area (TPSA) is 104 Å². The maximum atomic E-state index is 12.4. The van der Waals surface area contributed by atoms with Crippen LogP contribution in [-0.4, -0.2) is 58.0 Å². The molecule has 7 nitrogen and oxygen atoms in total. The van der Waals surface area contributed by atoms with Crippen molar-refractivity contribution in [2.45, 2.75) is 45.2 Å². The number of carbonyl (C=O) groups excluding carboxylic acids is 2. The van der Waals surface area contributed by atoms with Crippen LogP contribution in [-0.2, 0) is 9.59 Å². The van der Waals surface area contributed by atoms with Gasteiger partial charge in [0.25, 0.3) is 0 Å². The lowest BCUT2D eigenvalue weighted by molar-refractivity contribution is -0.137. The van der Waals surface area contributed by atoms with Crippen LogP contribution in [0.4, 0.5) is 4.79 Å². The van der Waals surface area contributed by atoms with Crippen LogP contribution in [0, 0.1) is 0 Å². The van der Waals surface area contributed by atoms with E-state index >= 15 is 0 Å². The number of hydrogen-bond donors (Lipinski definition) is 2. The highest BCUT2D eigenvalue weighted by atomic mass is 16.4. The third-order valence-corrected chi connectivity index (χ3v) is 3.26. The van der Waals surface area contributed by atoms with Gasteiger partial charge in [-0.25, -0.2) is 4.79 Å². The van der Waals surface area contributed by atoms with Crippen molar-refractivity contribution in [3.63, 3.8) is 0 Å². The van der Waals surface area contributed by atoms with Crippen molar-refractivity contribution in [3.05, 3.63) is 0 Å². The average molecular weight is 271 g/mol. The monoisotopic (exact) mass is 271 g/mol. The van der Waals surface area contributed by atoms with Crippen molar-refractivity contribution < 1.29 is 19.5 Å². The SMILES string of the molecule is CC(C)N(CCC(=O)O)C(=O)N1CCCC1C(N)=O. The van der Waals surface area contributed by atoms with Crippen LogP contribution >= 0.6 is 0 Å². The van der Waals surface area contributed by atoms with Crippen molar-refractivity contribution >= 4 is 17.9 Å². The van der Waals surface area contributed by atoms with E-state index in [-0.39, 0.29) is 25.0 Å². The van der Waals surface area contributed by atoms with E-state index in [0.29, 0.717) is 13.0 Å². The second-order valence-electron chi connectivity index (χ2n) is 4.97. The van der Waals surface area contributed by atoms with Gasteiger partial charge in [0.2, 0.25) is 5.91 Å². The Labute approximate surface area is 112 Å². The number of carboxylic acid groups (broad SMARTS) is 1. The summed E-state index contributed by atoms with van der Waals surface area (Å²) < 4.78 is 0. The summed E-state index contributed by atoms with van der Waals surface area (Å²) in [6.45, 7) is 4.25. The zero-order valence-electron chi connectivity index (χ0n) is 11.3. The molecule has 0 aromatic heterocycles. The molecular weight excluding hydrogens is 250 g/mol. The minimum absolute atomic E-state index is 0.112. The predicted octanol–water partition coefficient (Wildman–Crippen LogP) is 0.241. The minimum Gasteiger partial charge on any atom is -0.481 e. The Morgan fingerprint density at radius 1 is 1.42 bits per heavy atom. The quantitative estimate of drug-likeness (QED) is 0.747. The molecule has 0 saturated carbocycles. The number of urea groups is 1. The number of nitrogens with zero attached hydrogens (tertiary/aromatic N) is 2. The van der Waals surface area contributed by atoms with Crippen LogP contribution in [0.15, 0.2) is 0 Å². The molecule has 1 aliphatic rings. The van der Waals surface area contributed by atoms with Crippen molar-refractivity contribution in [2.24, 2.45) is 5.73 Å². The third-order valence-electron chi connectivity index (χ3n) is 3.26. The highest BCUT2D eigenvalue weighted by Gasteiger charge is 2.35. The lowest BCUT2D eigenvalue weighted by atomic mass is 10.2. The second kappa shape index (κ2) is 6.40. The van der Waals surface area contributed by atoms with E-state index in [4.69, 9.17) is 10.8 Å². The van der Waals surface area contributed by atoms with Gasteiger partial charge in [-0.2, -0.15) is 0 Å². The van der Waals surface area contributed by atoms with Crippen molar-refractivity contribution in [2.75, 3.05) is 13.1 Å². The third kappa shape index (κ3) is 3.84. The zero-order chi connectivity index (χ0) is 14.6. The molecule has 108 valence electrons. The maximum Gasteiger partial charge on any atom is 0.320 e. The van der Waals surface area contributed by atoms with Gasteiger partial charge in [0.1, 0.15) is 6.04 Å². The molecule has 0 aromatic rings. The van der Waals surface area contributed by atoms with Gasteiger partial charge in [-0.1, -0.05) is 0 Å². The van der Waals surface area contributed by atoms with Crippen molar-refractivity contribution in [1.29, 1.82) is 0 Å². The largest absolute Gasteiger partial charge is 0.481 e. The van der Waals surface area contributed by atoms with E-state index in [0.717, 1.165) is 6.42 Å². The standard InChI is InChI=1S/C12H21N3O4/c1-8(2)14(7-5-10(16)17)12(19)15-6-3-4-9(15)11(13)18/h8-9H,3-7H2,1-2H3,(H2,13,18)(H,16,17). The van der Waals surface area contributed by atoms with E-state index < -0.39 is 17.9 Å². The molecule has 0 spiro atoms. The van der Waals surface area contributed by atoms with Gasteiger partial charge in [0.05, 0.1) is 6.42 Å². The number of carbonyl (C=O) groups is 3. The predicted molar refractivity (Wildman–Crippen MR) is 68.4 cm³/mol. The fourth-order valence-corrected chi connectivity index (χ4v) is 2.25. The molecule has 1 rings (SSSR count). The molecule has 1 saturated heterocycles. The summed E-state index contributed by atoms with van der Waals surface area (Å²) in [5.74, 6) is -1.46. The Morgan fingerprint density at radius 2 is 2.05 bits per heavy atom. The molecule has 1 unspecified atom stereocenters. The molecular formula is C12H21N3O4. The lowest BCUT2D eigenvalue weighted by Gasteiger charge is -2.33. The summed E-state index contributed by atoms with van der Waals surface area (Å²) in [5.41, 5.74) is 5.28. The zero-order valence-corrected chi connectivity index (χ0v) is 11.3. The summed E-state index contributed by atoms with van der Waals surface area (Å²) >= 11 is 0. The first-order valence-corrected chi connectivity index (χ1v) is 6.43. The first-order chi connectivity index (χ1) is 8.84. The first-order valence-electron chi connectivity index (χ1n) is 6.43. The summed E-state index contributed by atoms with van der Waals surface area (Å²) in [5, 5.41) is 8.71. The van der Waals surface area contributed by atoms with Crippen LogP contribution in [0.1, 0.15) is 33.1 Å². The van der Waals surface area contributed by atoms with E-state index in [1.54, 1.807) is 0 Å². The number of hydrogen-bond acceptors (Lipinski definition) is 3. The fourth-order valence-electron chi connectivity index (χ4n) is 2.25. The van der Waals surface area contributed by atoms with Crippen molar-refractivity contribution in [1.82, 2.24) is 9.80 Å². The highest BCUT2D eigenvalue weighted by Crippen LogP contribution is 2.20. The molecule has 1 heterocycles. The summed E-state index contributed by atoms with van der Waals surface area (Å²) in [7, 11) is 0. The van der Waals surface area contributed by atoms with Gasteiger partial charge in [0.15, 0.2) is 0 Å². The van der Waals surface area contributed by atoms with Crippen LogP contribution in [0.2, 0.25) is 0 Å². The minimum atomic E-state index is -0.952. The van der Waals surface area contributed by atoms with E-state index in [1.165, 1.54) is 9.80 Å².